The maximum atomic E-state index is 12.1. The highest BCUT2D eigenvalue weighted by Gasteiger charge is 2.12. The third kappa shape index (κ3) is 4.65. The minimum atomic E-state index is -0.361. The number of rotatable bonds is 6. The predicted molar refractivity (Wildman–Crippen MR) is 94.5 cm³/mol. The number of aliphatic hydroxyl groups is 1. The topological polar surface area (TPSA) is 92.1 Å². The van der Waals surface area contributed by atoms with Crippen LogP contribution in [0.2, 0.25) is 0 Å². The van der Waals surface area contributed by atoms with Crippen molar-refractivity contribution in [3.8, 4) is 5.69 Å². The number of amides is 2. The fourth-order valence-corrected chi connectivity index (χ4v) is 2.44. The molecule has 0 saturated carbocycles. The summed E-state index contributed by atoms with van der Waals surface area (Å²) < 4.78 is 0. The van der Waals surface area contributed by atoms with Crippen molar-refractivity contribution < 1.29 is 9.90 Å². The molecule has 0 fully saturated rings. The van der Waals surface area contributed by atoms with E-state index in [4.69, 9.17) is 0 Å². The molecular weight excluding hydrogens is 318 g/mol. The quantitative estimate of drug-likeness (QED) is 0.641. The van der Waals surface area contributed by atoms with Gasteiger partial charge in [0.25, 0.3) is 0 Å². The monoisotopic (exact) mass is 337 g/mol. The molecule has 1 atom stereocenters. The zero-order valence-corrected chi connectivity index (χ0v) is 13.5. The fraction of sp³-hybridized carbons (Fsp3) is 0.167. The number of benzene rings is 2. The summed E-state index contributed by atoms with van der Waals surface area (Å²) in [4.78, 5) is 13.6. The van der Waals surface area contributed by atoms with Gasteiger partial charge in [0.2, 0.25) is 0 Å². The first-order valence-electron chi connectivity index (χ1n) is 7.93. The number of nitrogens with zero attached hydrogens (tertiary/aromatic N) is 3. The smallest absolute Gasteiger partial charge is 0.319 e. The number of hydrogen-bond acceptors (Lipinski definition) is 4. The first kappa shape index (κ1) is 16.7. The van der Waals surface area contributed by atoms with E-state index in [0.717, 1.165) is 11.3 Å². The number of aromatic nitrogens is 3. The van der Waals surface area contributed by atoms with Crippen LogP contribution in [-0.2, 0) is 6.42 Å². The van der Waals surface area contributed by atoms with Crippen molar-refractivity contribution in [3.63, 3.8) is 0 Å². The van der Waals surface area contributed by atoms with Gasteiger partial charge < -0.3 is 15.7 Å². The van der Waals surface area contributed by atoms with Gasteiger partial charge in [0.1, 0.15) is 0 Å². The van der Waals surface area contributed by atoms with Crippen molar-refractivity contribution in [1.82, 2.24) is 20.3 Å². The van der Waals surface area contributed by atoms with E-state index in [1.165, 1.54) is 4.80 Å². The first-order valence-corrected chi connectivity index (χ1v) is 7.93. The minimum absolute atomic E-state index is 0.133. The lowest BCUT2D eigenvalue weighted by Crippen LogP contribution is -2.41. The molecule has 1 aromatic heterocycles. The van der Waals surface area contributed by atoms with E-state index in [2.05, 4.69) is 20.8 Å². The third-order valence-corrected chi connectivity index (χ3v) is 3.66. The average molecular weight is 337 g/mol. The van der Waals surface area contributed by atoms with Gasteiger partial charge in [0.15, 0.2) is 0 Å². The number of anilines is 1. The van der Waals surface area contributed by atoms with Crippen molar-refractivity contribution in [1.29, 1.82) is 0 Å². The Hall–Kier alpha value is -3.19. The van der Waals surface area contributed by atoms with Crippen LogP contribution in [0.3, 0.4) is 0 Å². The van der Waals surface area contributed by atoms with E-state index in [1.807, 2.05) is 42.5 Å². The number of carbonyl (C=O) groups excluding carboxylic acids is 1. The molecule has 0 saturated heterocycles. The summed E-state index contributed by atoms with van der Waals surface area (Å²) in [5, 5.41) is 23.1. The zero-order chi connectivity index (χ0) is 17.5. The highest BCUT2D eigenvalue weighted by Crippen LogP contribution is 2.12. The van der Waals surface area contributed by atoms with Crippen LogP contribution in [0.5, 0.6) is 0 Å². The molecule has 0 bridgehead atoms. The maximum absolute atomic E-state index is 12.1. The molecule has 0 radical (unpaired) electrons. The molecule has 2 amide bonds. The van der Waals surface area contributed by atoms with Gasteiger partial charge in [-0.1, -0.05) is 30.3 Å². The molecule has 1 unspecified atom stereocenters. The van der Waals surface area contributed by atoms with Crippen LogP contribution >= 0.6 is 0 Å². The van der Waals surface area contributed by atoms with Crippen LogP contribution in [0.15, 0.2) is 67.0 Å². The molecule has 7 heteroatoms. The summed E-state index contributed by atoms with van der Waals surface area (Å²) in [6.45, 7) is -0.133. The molecule has 3 N–H and O–H groups in total. The van der Waals surface area contributed by atoms with Crippen molar-refractivity contribution in [2.24, 2.45) is 0 Å². The average Bonchev–Trinajstić information content (AvgIpc) is 3.17. The second kappa shape index (κ2) is 8.07. The highest BCUT2D eigenvalue weighted by atomic mass is 16.3. The van der Waals surface area contributed by atoms with E-state index in [-0.39, 0.29) is 18.7 Å². The molecule has 25 heavy (non-hydrogen) atoms. The van der Waals surface area contributed by atoms with Crippen LogP contribution < -0.4 is 10.6 Å². The van der Waals surface area contributed by atoms with Gasteiger partial charge in [-0.05, 0) is 36.2 Å². The summed E-state index contributed by atoms with van der Waals surface area (Å²) in [7, 11) is 0. The lowest BCUT2D eigenvalue weighted by atomic mass is 10.1. The Balaban J connectivity index is 1.56. The Bertz CT molecular complexity index is 788. The minimum Gasteiger partial charge on any atom is -0.394 e. The summed E-state index contributed by atoms with van der Waals surface area (Å²) in [5.41, 5.74) is 2.50. The summed E-state index contributed by atoms with van der Waals surface area (Å²) in [5.74, 6) is 0. The van der Waals surface area contributed by atoms with E-state index >= 15 is 0 Å². The SMILES string of the molecule is O=C(Nc1ccc(-n2nccn2)cc1)NC(CO)Cc1ccccc1. The number of hydrogen-bond donors (Lipinski definition) is 3. The van der Waals surface area contributed by atoms with Gasteiger partial charge in [-0.3, -0.25) is 0 Å². The van der Waals surface area contributed by atoms with Gasteiger partial charge in [-0.2, -0.15) is 15.0 Å². The molecule has 0 spiro atoms. The van der Waals surface area contributed by atoms with Crippen LogP contribution in [0.1, 0.15) is 5.56 Å². The van der Waals surface area contributed by atoms with E-state index in [1.54, 1.807) is 24.5 Å². The van der Waals surface area contributed by atoms with Crippen LogP contribution in [-0.4, -0.2) is 38.8 Å². The lowest BCUT2D eigenvalue weighted by molar-refractivity contribution is 0.224. The van der Waals surface area contributed by atoms with Crippen LogP contribution in [0.4, 0.5) is 10.5 Å². The predicted octanol–water partition coefficient (Wildman–Crippen LogP) is 1.99. The molecule has 3 rings (SSSR count). The molecule has 7 nitrogen and oxygen atoms in total. The van der Waals surface area contributed by atoms with Crippen molar-refractivity contribution in [2.75, 3.05) is 11.9 Å². The molecule has 3 aromatic rings. The maximum Gasteiger partial charge on any atom is 0.319 e. The summed E-state index contributed by atoms with van der Waals surface area (Å²) in [6.07, 6.45) is 3.76. The van der Waals surface area contributed by atoms with Crippen molar-refractivity contribution in [2.45, 2.75) is 12.5 Å². The molecule has 0 aliphatic rings. The Labute approximate surface area is 145 Å². The Kier molecular flexibility index (Phi) is 5.38. The van der Waals surface area contributed by atoms with Gasteiger partial charge in [0, 0.05) is 5.69 Å². The summed E-state index contributed by atoms with van der Waals surface area (Å²) >= 11 is 0. The van der Waals surface area contributed by atoms with Gasteiger partial charge in [-0.25, -0.2) is 4.79 Å². The molecule has 2 aromatic carbocycles. The van der Waals surface area contributed by atoms with Gasteiger partial charge >= 0.3 is 6.03 Å². The number of aliphatic hydroxyl groups excluding tert-OH is 1. The normalized spacial score (nSPS) is 11.7. The molecule has 0 aliphatic heterocycles. The largest absolute Gasteiger partial charge is 0.394 e. The molecule has 0 aliphatic carbocycles. The fourth-order valence-electron chi connectivity index (χ4n) is 2.44. The number of urea groups is 1. The third-order valence-electron chi connectivity index (χ3n) is 3.66. The highest BCUT2D eigenvalue weighted by molar-refractivity contribution is 5.89. The van der Waals surface area contributed by atoms with Gasteiger partial charge in [-0.15, -0.1) is 0 Å². The Morgan fingerprint density at radius 2 is 1.72 bits per heavy atom. The van der Waals surface area contributed by atoms with Gasteiger partial charge in [0.05, 0.1) is 30.7 Å². The first-order chi connectivity index (χ1) is 12.2. The molecule has 128 valence electrons. The zero-order valence-electron chi connectivity index (χ0n) is 13.5. The van der Waals surface area contributed by atoms with E-state index in [9.17, 15) is 9.90 Å². The lowest BCUT2D eigenvalue weighted by Gasteiger charge is -2.17. The van der Waals surface area contributed by atoms with E-state index in [0.29, 0.717) is 12.1 Å². The second-order valence-corrected chi connectivity index (χ2v) is 5.53. The Morgan fingerprint density at radius 3 is 2.36 bits per heavy atom. The number of nitrogens with one attached hydrogen (secondary N) is 2. The Morgan fingerprint density at radius 1 is 1.04 bits per heavy atom. The van der Waals surface area contributed by atoms with Crippen LogP contribution in [0.25, 0.3) is 5.69 Å². The van der Waals surface area contributed by atoms with Crippen molar-refractivity contribution in [3.05, 3.63) is 72.6 Å². The van der Waals surface area contributed by atoms with Crippen molar-refractivity contribution >= 4 is 11.7 Å². The van der Waals surface area contributed by atoms with E-state index < -0.39 is 0 Å². The standard InChI is InChI=1S/C18H19N5O2/c24-13-16(12-14-4-2-1-3-5-14)22-18(25)21-15-6-8-17(9-7-15)23-19-10-11-20-23/h1-11,16,24H,12-13H2,(H2,21,22,25). The molecular formula is C18H19N5O2. The number of carbonyl (C=O) groups is 1. The molecule has 1 heterocycles. The second-order valence-electron chi connectivity index (χ2n) is 5.53. The van der Waals surface area contributed by atoms with Crippen LogP contribution in [0, 0.1) is 0 Å². The summed E-state index contributed by atoms with van der Waals surface area (Å²) in [6, 6.07) is 16.2.